The average molecular weight is 284 g/mol. The Bertz CT molecular complexity index is 670. The lowest BCUT2D eigenvalue weighted by molar-refractivity contribution is 0.0821. The SMILES string of the molecule is CC1CN(c2c(C(=N)N)cnc3ccccc23)CCCO1. The fourth-order valence-corrected chi connectivity index (χ4v) is 2.86. The molecule has 0 bridgehead atoms. The quantitative estimate of drug-likeness (QED) is 0.654. The Balaban J connectivity index is 2.17. The van der Waals surface area contributed by atoms with Gasteiger partial charge in [-0.1, -0.05) is 18.2 Å². The molecule has 2 aromatic rings. The van der Waals surface area contributed by atoms with Crippen molar-refractivity contribution in [3.8, 4) is 0 Å². The van der Waals surface area contributed by atoms with E-state index in [9.17, 15) is 0 Å². The number of pyridine rings is 1. The number of para-hydroxylation sites is 1. The van der Waals surface area contributed by atoms with E-state index in [-0.39, 0.29) is 11.9 Å². The number of benzene rings is 1. The number of nitrogens with two attached hydrogens (primary N) is 1. The van der Waals surface area contributed by atoms with Crippen molar-refractivity contribution in [1.29, 1.82) is 5.41 Å². The summed E-state index contributed by atoms with van der Waals surface area (Å²) in [6.45, 7) is 4.55. The van der Waals surface area contributed by atoms with Gasteiger partial charge in [-0.2, -0.15) is 0 Å². The van der Waals surface area contributed by atoms with Gasteiger partial charge in [-0.15, -0.1) is 0 Å². The van der Waals surface area contributed by atoms with Crippen molar-refractivity contribution in [2.45, 2.75) is 19.4 Å². The van der Waals surface area contributed by atoms with E-state index >= 15 is 0 Å². The number of ether oxygens (including phenoxy) is 1. The van der Waals surface area contributed by atoms with Gasteiger partial charge in [0.05, 0.1) is 22.9 Å². The van der Waals surface area contributed by atoms with Crippen LogP contribution in [-0.2, 0) is 4.74 Å². The van der Waals surface area contributed by atoms with Crippen molar-refractivity contribution in [3.05, 3.63) is 36.0 Å². The van der Waals surface area contributed by atoms with Crippen LogP contribution in [-0.4, -0.2) is 36.6 Å². The molecule has 1 aliphatic heterocycles. The number of anilines is 1. The summed E-state index contributed by atoms with van der Waals surface area (Å²) >= 11 is 0. The van der Waals surface area contributed by atoms with Crippen LogP contribution in [0.2, 0.25) is 0 Å². The molecule has 2 heterocycles. The van der Waals surface area contributed by atoms with E-state index in [1.54, 1.807) is 6.20 Å². The van der Waals surface area contributed by atoms with Crippen LogP contribution >= 0.6 is 0 Å². The van der Waals surface area contributed by atoms with Gasteiger partial charge in [0, 0.05) is 31.3 Å². The predicted molar refractivity (Wildman–Crippen MR) is 85.0 cm³/mol. The van der Waals surface area contributed by atoms with Crippen molar-refractivity contribution < 1.29 is 4.74 Å². The van der Waals surface area contributed by atoms with E-state index in [0.717, 1.165) is 42.7 Å². The number of amidine groups is 1. The maximum absolute atomic E-state index is 7.85. The van der Waals surface area contributed by atoms with Crippen molar-refractivity contribution in [3.63, 3.8) is 0 Å². The summed E-state index contributed by atoms with van der Waals surface area (Å²) in [5.41, 5.74) is 8.40. The molecule has 110 valence electrons. The lowest BCUT2D eigenvalue weighted by Crippen LogP contribution is -2.32. The first kappa shape index (κ1) is 13.8. The van der Waals surface area contributed by atoms with Crippen LogP contribution < -0.4 is 10.6 Å². The van der Waals surface area contributed by atoms with E-state index in [0.29, 0.717) is 5.56 Å². The molecular weight excluding hydrogens is 264 g/mol. The minimum absolute atomic E-state index is 0.0565. The van der Waals surface area contributed by atoms with Crippen molar-refractivity contribution >= 4 is 22.4 Å². The zero-order chi connectivity index (χ0) is 14.8. The summed E-state index contributed by atoms with van der Waals surface area (Å²) in [6, 6.07) is 8.00. The van der Waals surface area contributed by atoms with E-state index in [4.69, 9.17) is 15.9 Å². The first-order valence-corrected chi connectivity index (χ1v) is 7.25. The van der Waals surface area contributed by atoms with Gasteiger partial charge in [-0.3, -0.25) is 10.4 Å². The molecule has 1 aliphatic rings. The maximum atomic E-state index is 7.85. The van der Waals surface area contributed by atoms with Crippen LogP contribution in [0.15, 0.2) is 30.5 Å². The topological polar surface area (TPSA) is 75.2 Å². The Morgan fingerprint density at radius 3 is 3.05 bits per heavy atom. The first-order valence-electron chi connectivity index (χ1n) is 7.25. The summed E-state index contributed by atoms with van der Waals surface area (Å²) in [6.07, 6.45) is 2.84. The number of aromatic nitrogens is 1. The highest BCUT2D eigenvalue weighted by molar-refractivity contribution is 6.07. The Morgan fingerprint density at radius 1 is 1.43 bits per heavy atom. The standard InChI is InChI=1S/C16H20N4O/c1-11-10-20(7-4-8-21-11)15-12-5-2-3-6-14(12)19-9-13(15)16(17)18/h2-3,5-6,9,11H,4,7-8,10H2,1H3,(H3,17,18). The van der Waals surface area contributed by atoms with Gasteiger partial charge in [-0.25, -0.2) is 0 Å². The highest BCUT2D eigenvalue weighted by atomic mass is 16.5. The molecule has 3 rings (SSSR count). The van der Waals surface area contributed by atoms with Crippen molar-refractivity contribution in [2.75, 3.05) is 24.6 Å². The smallest absolute Gasteiger partial charge is 0.126 e. The van der Waals surface area contributed by atoms with Crippen LogP contribution in [0.1, 0.15) is 18.9 Å². The van der Waals surface area contributed by atoms with Crippen LogP contribution in [0.25, 0.3) is 10.9 Å². The highest BCUT2D eigenvalue weighted by Gasteiger charge is 2.21. The molecule has 1 unspecified atom stereocenters. The Kier molecular flexibility index (Phi) is 3.75. The Morgan fingerprint density at radius 2 is 2.24 bits per heavy atom. The van der Waals surface area contributed by atoms with Crippen LogP contribution in [0, 0.1) is 5.41 Å². The lowest BCUT2D eigenvalue weighted by atomic mass is 10.1. The summed E-state index contributed by atoms with van der Waals surface area (Å²) in [7, 11) is 0. The fraction of sp³-hybridized carbons (Fsp3) is 0.375. The minimum Gasteiger partial charge on any atom is -0.384 e. The van der Waals surface area contributed by atoms with E-state index < -0.39 is 0 Å². The molecule has 1 saturated heterocycles. The highest BCUT2D eigenvalue weighted by Crippen LogP contribution is 2.30. The van der Waals surface area contributed by atoms with Gasteiger partial charge >= 0.3 is 0 Å². The molecule has 21 heavy (non-hydrogen) atoms. The third kappa shape index (κ3) is 2.69. The van der Waals surface area contributed by atoms with E-state index in [2.05, 4.69) is 16.8 Å². The summed E-state index contributed by atoms with van der Waals surface area (Å²) < 4.78 is 5.72. The normalized spacial score (nSPS) is 19.5. The molecule has 5 heteroatoms. The van der Waals surface area contributed by atoms with Gasteiger partial charge in [0.15, 0.2) is 0 Å². The van der Waals surface area contributed by atoms with Crippen LogP contribution in [0.4, 0.5) is 5.69 Å². The molecule has 0 aliphatic carbocycles. The fourth-order valence-electron chi connectivity index (χ4n) is 2.86. The van der Waals surface area contributed by atoms with Crippen molar-refractivity contribution in [1.82, 2.24) is 4.98 Å². The average Bonchev–Trinajstić information content (AvgIpc) is 2.70. The number of hydrogen-bond donors (Lipinski definition) is 2. The molecule has 0 amide bonds. The molecule has 3 N–H and O–H groups in total. The van der Waals surface area contributed by atoms with Gasteiger partial charge in [0.2, 0.25) is 0 Å². The van der Waals surface area contributed by atoms with E-state index in [1.165, 1.54) is 0 Å². The van der Waals surface area contributed by atoms with Gasteiger partial charge < -0.3 is 15.4 Å². The number of nitrogens with zero attached hydrogens (tertiary/aromatic N) is 2. The van der Waals surface area contributed by atoms with Gasteiger partial charge in [0.25, 0.3) is 0 Å². The summed E-state index contributed by atoms with van der Waals surface area (Å²) in [4.78, 5) is 6.70. The van der Waals surface area contributed by atoms with Gasteiger partial charge in [0.1, 0.15) is 5.84 Å². The molecule has 1 fully saturated rings. The second-order valence-corrected chi connectivity index (χ2v) is 5.43. The van der Waals surface area contributed by atoms with Gasteiger partial charge in [-0.05, 0) is 19.4 Å². The van der Waals surface area contributed by atoms with Crippen molar-refractivity contribution in [2.24, 2.45) is 5.73 Å². The zero-order valence-electron chi connectivity index (χ0n) is 12.2. The second-order valence-electron chi connectivity index (χ2n) is 5.43. The second kappa shape index (κ2) is 5.69. The summed E-state index contributed by atoms with van der Waals surface area (Å²) in [5, 5.41) is 8.90. The first-order chi connectivity index (χ1) is 10.2. The third-order valence-corrected chi connectivity index (χ3v) is 3.81. The number of nitrogens with one attached hydrogen (secondary N) is 1. The molecule has 5 nitrogen and oxygen atoms in total. The zero-order valence-corrected chi connectivity index (χ0v) is 12.2. The molecule has 1 atom stereocenters. The number of hydrogen-bond acceptors (Lipinski definition) is 4. The maximum Gasteiger partial charge on any atom is 0.126 e. The number of fused-ring (bicyclic) bond motifs is 1. The molecule has 0 spiro atoms. The number of nitrogen functional groups attached to an aromatic ring is 1. The number of rotatable bonds is 2. The minimum atomic E-state index is 0.0565. The lowest BCUT2D eigenvalue weighted by Gasteiger charge is -2.27. The van der Waals surface area contributed by atoms with Crippen LogP contribution in [0.5, 0.6) is 0 Å². The monoisotopic (exact) mass is 284 g/mol. The van der Waals surface area contributed by atoms with E-state index in [1.807, 2.05) is 24.3 Å². The molecule has 1 aromatic heterocycles. The Labute approximate surface area is 124 Å². The molecule has 1 aromatic carbocycles. The molecular formula is C16H20N4O. The summed E-state index contributed by atoms with van der Waals surface area (Å²) in [5.74, 6) is 0.0565. The Hall–Kier alpha value is -2.14. The predicted octanol–water partition coefficient (Wildman–Crippen LogP) is 2.13. The van der Waals surface area contributed by atoms with Crippen LogP contribution in [0.3, 0.4) is 0 Å². The molecule has 0 saturated carbocycles. The largest absolute Gasteiger partial charge is 0.384 e. The molecule has 0 radical (unpaired) electrons. The third-order valence-electron chi connectivity index (χ3n) is 3.81.